The zero-order valence-corrected chi connectivity index (χ0v) is 15.6. The highest BCUT2D eigenvalue weighted by Crippen LogP contribution is 2.36. The van der Waals surface area contributed by atoms with E-state index in [2.05, 4.69) is 4.90 Å². The molecule has 1 aliphatic carbocycles. The number of fused-ring (bicyclic) bond motifs is 2. The Labute approximate surface area is 163 Å². The van der Waals surface area contributed by atoms with Gasteiger partial charge in [0.1, 0.15) is 5.54 Å². The molecule has 0 spiro atoms. The van der Waals surface area contributed by atoms with Crippen LogP contribution >= 0.6 is 0 Å². The van der Waals surface area contributed by atoms with E-state index in [1.54, 1.807) is 43.3 Å². The largest absolute Gasteiger partial charge is 0.480 e. The Morgan fingerprint density at radius 3 is 2.18 bits per heavy atom. The van der Waals surface area contributed by atoms with Gasteiger partial charge in [0.05, 0.1) is 5.56 Å². The number of piperidine rings is 1. The molecule has 0 aromatic heterocycles. The smallest absolute Gasteiger partial charge is 0.323 e. The van der Waals surface area contributed by atoms with E-state index in [-0.39, 0.29) is 17.5 Å². The fraction of sp³-hybridized carbons (Fsp3) is 0.318. The lowest BCUT2D eigenvalue weighted by Crippen LogP contribution is -2.54. The Kier molecular flexibility index (Phi) is 4.31. The molecule has 2 aromatic rings. The van der Waals surface area contributed by atoms with Gasteiger partial charge in [0.15, 0.2) is 11.6 Å². The number of hydrogen-bond acceptors (Lipinski definition) is 5. The van der Waals surface area contributed by atoms with Gasteiger partial charge < -0.3 is 15.7 Å². The fourth-order valence-corrected chi connectivity index (χ4v) is 4.29. The first-order chi connectivity index (χ1) is 13.3. The number of ketones is 2. The first-order valence-electron chi connectivity index (χ1n) is 9.41. The van der Waals surface area contributed by atoms with Crippen molar-refractivity contribution in [2.45, 2.75) is 25.3 Å². The summed E-state index contributed by atoms with van der Waals surface area (Å²) in [6.45, 7) is 2.73. The Balaban J connectivity index is 1.66. The summed E-state index contributed by atoms with van der Waals surface area (Å²) in [5, 5.41) is 9.37. The molecule has 0 unspecified atom stereocenters. The number of carbonyl (C=O) groups excluding carboxylic acids is 2. The van der Waals surface area contributed by atoms with E-state index in [0.717, 1.165) is 5.69 Å². The van der Waals surface area contributed by atoms with E-state index in [9.17, 15) is 19.5 Å². The number of anilines is 1. The molecule has 6 heteroatoms. The van der Waals surface area contributed by atoms with Gasteiger partial charge in [0.25, 0.3) is 0 Å². The first kappa shape index (κ1) is 18.4. The molecule has 1 aliphatic heterocycles. The van der Waals surface area contributed by atoms with Crippen molar-refractivity contribution in [3.8, 4) is 0 Å². The van der Waals surface area contributed by atoms with Gasteiger partial charge >= 0.3 is 5.97 Å². The molecule has 1 fully saturated rings. The number of nitrogens with two attached hydrogens (primary N) is 1. The average molecular weight is 378 g/mol. The van der Waals surface area contributed by atoms with Gasteiger partial charge in [0.2, 0.25) is 0 Å². The molecule has 0 radical (unpaired) electrons. The summed E-state index contributed by atoms with van der Waals surface area (Å²) in [6, 6.07) is 12.2. The van der Waals surface area contributed by atoms with E-state index in [1.807, 2.05) is 6.07 Å². The monoisotopic (exact) mass is 378 g/mol. The van der Waals surface area contributed by atoms with Crippen molar-refractivity contribution in [3.05, 3.63) is 64.7 Å². The maximum absolute atomic E-state index is 13.2. The minimum absolute atomic E-state index is 0.137. The van der Waals surface area contributed by atoms with E-state index in [4.69, 9.17) is 5.73 Å². The number of hydrogen-bond donors (Lipinski definition) is 2. The molecule has 1 saturated heterocycles. The van der Waals surface area contributed by atoms with Gasteiger partial charge in [-0.15, -0.1) is 0 Å². The minimum atomic E-state index is -1.27. The summed E-state index contributed by atoms with van der Waals surface area (Å²) in [5.74, 6) is -1.42. The maximum Gasteiger partial charge on any atom is 0.323 e. The maximum atomic E-state index is 13.2. The van der Waals surface area contributed by atoms with Crippen molar-refractivity contribution in [2.75, 3.05) is 18.0 Å². The van der Waals surface area contributed by atoms with Crippen molar-refractivity contribution in [3.63, 3.8) is 0 Å². The average Bonchev–Trinajstić information content (AvgIpc) is 2.71. The van der Waals surface area contributed by atoms with Crippen LogP contribution in [-0.2, 0) is 4.79 Å². The number of carbonyl (C=O) groups is 3. The van der Waals surface area contributed by atoms with Crippen LogP contribution in [0.25, 0.3) is 0 Å². The van der Waals surface area contributed by atoms with Crippen LogP contribution in [0.2, 0.25) is 0 Å². The normalized spacial score (nSPS) is 19.0. The Hall–Kier alpha value is -2.99. The number of carboxylic acids is 1. The highest BCUT2D eigenvalue weighted by Gasteiger charge is 2.40. The lowest BCUT2D eigenvalue weighted by atomic mass is 9.79. The molecule has 1 atom stereocenters. The quantitative estimate of drug-likeness (QED) is 0.726. The third-order valence-electron chi connectivity index (χ3n) is 6.08. The van der Waals surface area contributed by atoms with Gasteiger partial charge in [0, 0.05) is 35.5 Å². The second-order valence-corrected chi connectivity index (χ2v) is 7.75. The second-order valence-electron chi connectivity index (χ2n) is 7.75. The lowest BCUT2D eigenvalue weighted by Gasteiger charge is -2.40. The number of benzene rings is 2. The first-order valence-corrected chi connectivity index (χ1v) is 9.41. The summed E-state index contributed by atoms with van der Waals surface area (Å²) in [7, 11) is 0. The van der Waals surface area contributed by atoms with Crippen LogP contribution < -0.4 is 10.6 Å². The van der Waals surface area contributed by atoms with Crippen LogP contribution in [0.4, 0.5) is 5.69 Å². The molecule has 2 aromatic carbocycles. The Morgan fingerprint density at radius 2 is 1.57 bits per heavy atom. The van der Waals surface area contributed by atoms with Crippen molar-refractivity contribution in [1.82, 2.24) is 0 Å². The third kappa shape index (κ3) is 2.72. The number of rotatable bonds is 3. The van der Waals surface area contributed by atoms with Gasteiger partial charge in [-0.3, -0.25) is 14.4 Å². The molecular weight excluding hydrogens is 356 g/mol. The second kappa shape index (κ2) is 6.56. The van der Waals surface area contributed by atoms with Crippen molar-refractivity contribution < 1.29 is 19.5 Å². The molecule has 28 heavy (non-hydrogen) atoms. The predicted molar refractivity (Wildman–Crippen MR) is 105 cm³/mol. The summed E-state index contributed by atoms with van der Waals surface area (Å²) >= 11 is 0. The molecule has 6 nitrogen and oxygen atoms in total. The van der Waals surface area contributed by atoms with Crippen molar-refractivity contribution >= 4 is 23.2 Å². The van der Waals surface area contributed by atoms with Gasteiger partial charge in [-0.2, -0.15) is 0 Å². The molecule has 0 amide bonds. The molecule has 1 heterocycles. The highest BCUT2D eigenvalue weighted by molar-refractivity contribution is 6.30. The lowest BCUT2D eigenvalue weighted by molar-refractivity contribution is -0.145. The summed E-state index contributed by atoms with van der Waals surface area (Å²) in [5.41, 5.74) is 7.21. The molecule has 0 bridgehead atoms. The molecule has 3 N–H and O–H groups in total. The van der Waals surface area contributed by atoms with Crippen molar-refractivity contribution in [2.24, 2.45) is 11.7 Å². The zero-order valence-electron chi connectivity index (χ0n) is 15.6. The highest BCUT2D eigenvalue weighted by atomic mass is 16.4. The zero-order chi connectivity index (χ0) is 20.1. The minimum Gasteiger partial charge on any atom is -0.480 e. The predicted octanol–water partition coefficient (Wildman–Crippen LogP) is 2.48. The van der Waals surface area contributed by atoms with Crippen LogP contribution in [0, 0.1) is 5.92 Å². The van der Waals surface area contributed by atoms with Gasteiger partial charge in [-0.1, -0.05) is 36.4 Å². The van der Waals surface area contributed by atoms with E-state index in [1.165, 1.54) is 0 Å². The summed E-state index contributed by atoms with van der Waals surface area (Å²) < 4.78 is 0. The van der Waals surface area contributed by atoms with Crippen molar-refractivity contribution in [1.29, 1.82) is 0 Å². The molecule has 4 rings (SSSR count). The van der Waals surface area contributed by atoms with Gasteiger partial charge in [-0.05, 0) is 31.7 Å². The number of aliphatic carboxylic acids is 1. The number of nitrogens with zero attached hydrogens (tertiary/aromatic N) is 1. The van der Waals surface area contributed by atoms with E-state index in [0.29, 0.717) is 48.2 Å². The Bertz CT molecular complexity index is 988. The van der Waals surface area contributed by atoms with Crippen LogP contribution in [0.15, 0.2) is 42.5 Å². The van der Waals surface area contributed by atoms with Crippen LogP contribution in [0.1, 0.15) is 51.6 Å². The molecule has 144 valence electrons. The molecule has 0 saturated carbocycles. The molecular formula is C22H22N2O4. The third-order valence-corrected chi connectivity index (χ3v) is 6.08. The van der Waals surface area contributed by atoms with Crippen LogP contribution in [0.3, 0.4) is 0 Å². The van der Waals surface area contributed by atoms with E-state index >= 15 is 0 Å². The van der Waals surface area contributed by atoms with E-state index < -0.39 is 11.5 Å². The summed E-state index contributed by atoms with van der Waals surface area (Å²) in [4.78, 5) is 39.5. The SMILES string of the molecule is C[C@@](N)(C(=O)O)C1CCN(c2cccc3c2C(=O)c2ccccc2C3=O)CC1. The molecule has 2 aliphatic rings. The van der Waals surface area contributed by atoms with Gasteiger partial charge in [-0.25, -0.2) is 0 Å². The fourth-order valence-electron chi connectivity index (χ4n) is 4.29. The van der Waals surface area contributed by atoms with Crippen LogP contribution in [-0.4, -0.2) is 41.3 Å². The number of carboxylic acid groups (broad SMARTS) is 1. The summed E-state index contributed by atoms with van der Waals surface area (Å²) in [6.07, 6.45) is 1.23. The standard InChI is InChI=1S/C22H22N2O4/c1-22(23,21(27)28)13-9-11-24(12-10-13)17-8-4-7-16-18(17)20(26)15-6-3-2-5-14(15)19(16)25/h2-8,13H,9-12,23H2,1H3,(H,27,28)/t22-/m0/s1. The van der Waals surface area contributed by atoms with Crippen LogP contribution in [0.5, 0.6) is 0 Å². The Morgan fingerprint density at radius 1 is 1.00 bits per heavy atom. The topological polar surface area (TPSA) is 101 Å².